The molecule has 11 nitrogen and oxygen atoms in total. The van der Waals surface area contributed by atoms with Crippen molar-refractivity contribution in [1.82, 2.24) is 9.97 Å². The summed E-state index contributed by atoms with van der Waals surface area (Å²) in [5.41, 5.74) is 5.74. The summed E-state index contributed by atoms with van der Waals surface area (Å²) in [7, 11) is -3.18. The van der Waals surface area contributed by atoms with Crippen molar-refractivity contribution in [1.29, 1.82) is 0 Å². The van der Waals surface area contributed by atoms with Gasteiger partial charge in [0.15, 0.2) is 0 Å². The maximum Gasteiger partial charge on any atom is 0.254 e. The minimum atomic E-state index is -3.18. The van der Waals surface area contributed by atoms with Crippen LogP contribution in [0.1, 0.15) is 17.3 Å². The lowest BCUT2D eigenvalue weighted by Gasteiger charge is -2.19. The fourth-order valence-electron chi connectivity index (χ4n) is 2.68. The number of nitrogens with zero attached hydrogens (tertiary/aromatic N) is 2. The van der Waals surface area contributed by atoms with Crippen LogP contribution in [0.2, 0.25) is 0 Å². The number of primary amides is 1. The molecular weight excluding hydrogens is 412 g/mol. The van der Waals surface area contributed by atoms with Gasteiger partial charge in [-0.15, -0.1) is 0 Å². The number of nitrogens with one attached hydrogen (secondary N) is 3. The smallest absolute Gasteiger partial charge is 0.254 e. The first-order valence-electron chi connectivity index (χ1n) is 9.11. The summed E-state index contributed by atoms with van der Waals surface area (Å²) in [6.07, 6.45) is 2.38. The number of carbonyl (C=O) groups is 1. The van der Waals surface area contributed by atoms with Gasteiger partial charge in [0.05, 0.1) is 17.0 Å². The number of rotatable bonds is 7. The number of amides is 1. The number of aromatic nitrogens is 2. The first kappa shape index (κ1) is 21.6. The minimum Gasteiger partial charge on any atom is -0.488 e. The molecule has 2 heterocycles. The number of ether oxygens (including phenoxy) is 1. The zero-order valence-corrected chi connectivity index (χ0v) is 17.4. The second kappa shape index (κ2) is 8.32. The number of aliphatic hydroxyl groups is 1. The molecule has 1 aliphatic heterocycles. The number of fused-ring (bicyclic) bond motifs is 1. The number of anilines is 4. The topological polar surface area (TPSA) is 169 Å². The summed E-state index contributed by atoms with van der Waals surface area (Å²) < 4.78 is 28.3. The van der Waals surface area contributed by atoms with Crippen molar-refractivity contribution in [2.24, 2.45) is 5.73 Å². The van der Waals surface area contributed by atoms with Crippen molar-refractivity contribution in [2.45, 2.75) is 12.5 Å². The number of β-amino-alcohol motifs (C(OH)–C–C–N with tert-alkyl or cyclic N) is 1. The largest absolute Gasteiger partial charge is 0.488 e. The summed E-state index contributed by atoms with van der Waals surface area (Å²) in [4.78, 5) is 20.0. The molecule has 1 aromatic heterocycles. The average molecular weight is 436 g/mol. The van der Waals surface area contributed by atoms with Gasteiger partial charge in [0.25, 0.3) is 5.91 Å². The predicted octanol–water partition coefficient (Wildman–Crippen LogP) is 0.331. The molecule has 1 atom stereocenters. The van der Waals surface area contributed by atoms with Gasteiger partial charge in [-0.2, -0.15) is 4.98 Å². The zero-order chi connectivity index (χ0) is 21.9. The van der Waals surface area contributed by atoms with E-state index in [-0.39, 0.29) is 36.2 Å². The summed E-state index contributed by atoms with van der Waals surface area (Å²) >= 11 is 0. The molecule has 12 heteroatoms. The molecule has 0 bridgehead atoms. The van der Waals surface area contributed by atoms with Gasteiger partial charge in [0.1, 0.15) is 33.6 Å². The van der Waals surface area contributed by atoms with E-state index in [4.69, 9.17) is 10.5 Å². The molecule has 6 N–H and O–H groups in total. The summed E-state index contributed by atoms with van der Waals surface area (Å²) in [6.45, 7) is 2.23. The third kappa shape index (κ3) is 5.70. The van der Waals surface area contributed by atoms with E-state index in [1.807, 2.05) is 0 Å². The Bertz CT molecular complexity index is 1060. The Labute approximate surface area is 174 Å². The number of nitrogens with two attached hydrogens (primary N) is 1. The third-order valence-electron chi connectivity index (χ3n) is 4.25. The van der Waals surface area contributed by atoms with Crippen molar-refractivity contribution < 1.29 is 23.1 Å². The molecule has 1 aromatic carbocycles. The van der Waals surface area contributed by atoms with E-state index in [2.05, 4.69) is 25.9 Å². The van der Waals surface area contributed by atoms with Crippen LogP contribution < -0.4 is 26.4 Å². The lowest BCUT2D eigenvalue weighted by Crippen LogP contribution is -2.37. The Morgan fingerprint density at radius 1 is 1.43 bits per heavy atom. The molecular formula is C18H24N6O5S. The molecule has 0 unspecified atom stereocenters. The molecule has 30 heavy (non-hydrogen) atoms. The first-order valence-corrected chi connectivity index (χ1v) is 11.2. The molecule has 3 rings (SSSR count). The van der Waals surface area contributed by atoms with Crippen LogP contribution in [0.15, 0.2) is 24.4 Å². The maximum atomic E-state index is 11.6. The monoisotopic (exact) mass is 436 g/mol. The van der Waals surface area contributed by atoms with Gasteiger partial charge in [0, 0.05) is 31.2 Å². The Morgan fingerprint density at radius 3 is 2.90 bits per heavy atom. The molecule has 0 fully saturated rings. The van der Waals surface area contributed by atoms with Crippen LogP contribution in [0.4, 0.5) is 23.1 Å². The highest BCUT2D eigenvalue weighted by Crippen LogP contribution is 2.32. The fourth-order valence-corrected chi connectivity index (χ4v) is 3.16. The van der Waals surface area contributed by atoms with E-state index in [9.17, 15) is 18.3 Å². The van der Waals surface area contributed by atoms with Crippen LogP contribution in [0.3, 0.4) is 0 Å². The Kier molecular flexibility index (Phi) is 5.99. The van der Waals surface area contributed by atoms with Gasteiger partial charge in [-0.05, 0) is 25.1 Å². The normalized spacial score (nSPS) is 18.4. The summed E-state index contributed by atoms with van der Waals surface area (Å²) in [5.74, 6) is 0.0608. The van der Waals surface area contributed by atoms with Gasteiger partial charge in [-0.3, -0.25) is 4.79 Å². The minimum absolute atomic E-state index is 0.0493. The van der Waals surface area contributed by atoms with E-state index in [1.54, 1.807) is 25.1 Å². The molecule has 162 valence electrons. The second-order valence-electron chi connectivity index (χ2n) is 7.35. The summed E-state index contributed by atoms with van der Waals surface area (Å²) in [5, 5.41) is 19.1. The van der Waals surface area contributed by atoms with Crippen molar-refractivity contribution in [3.63, 3.8) is 0 Å². The van der Waals surface area contributed by atoms with Crippen LogP contribution in [-0.4, -0.2) is 66.7 Å². The molecule has 1 aliphatic rings. The van der Waals surface area contributed by atoms with Crippen LogP contribution in [0.25, 0.3) is 0 Å². The number of hydrogen-bond donors (Lipinski definition) is 5. The van der Waals surface area contributed by atoms with Crippen LogP contribution in [0.5, 0.6) is 5.75 Å². The second-order valence-corrected chi connectivity index (χ2v) is 9.61. The highest BCUT2D eigenvalue weighted by Gasteiger charge is 2.25. The van der Waals surface area contributed by atoms with Crippen molar-refractivity contribution in [2.75, 3.05) is 47.7 Å². The van der Waals surface area contributed by atoms with E-state index in [0.29, 0.717) is 23.7 Å². The lowest BCUT2D eigenvalue weighted by molar-refractivity contribution is 0.0271. The number of sulfone groups is 1. The maximum absolute atomic E-state index is 11.6. The quantitative estimate of drug-likeness (QED) is 0.408. The number of benzene rings is 1. The SMILES string of the molecule is C[C@@]1(O)CNc2cc(Nc3ncc(C(N)=O)c(NCCS(C)(=O)=O)n3)ccc2OC1. The van der Waals surface area contributed by atoms with Crippen molar-refractivity contribution >= 4 is 38.9 Å². The van der Waals surface area contributed by atoms with E-state index < -0.39 is 21.3 Å². The highest BCUT2D eigenvalue weighted by atomic mass is 32.2. The molecule has 0 aliphatic carbocycles. The van der Waals surface area contributed by atoms with Crippen molar-refractivity contribution in [3.8, 4) is 5.75 Å². The van der Waals surface area contributed by atoms with Gasteiger partial charge in [-0.25, -0.2) is 13.4 Å². The van der Waals surface area contributed by atoms with Gasteiger partial charge >= 0.3 is 0 Å². The van der Waals surface area contributed by atoms with Crippen LogP contribution in [0, 0.1) is 0 Å². The average Bonchev–Trinajstić information content (AvgIpc) is 2.79. The fraction of sp³-hybridized carbons (Fsp3) is 0.389. The predicted molar refractivity (Wildman–Crippen MR) is 113 cm³/mol. The van der Waals surface area contributed by atoms with E-state index >= 15 is 0 Å². The van der Waals surface area contributed by atoms with Crippen LogP contribution >= 0.6 is 0 Å². The van der Waals surface area contributed by atoms with Gasteiger partial charge in [-0.1, -0.05) is 0 Å². The molecule has 0 saturated heterocycles. The van der Waals surface area contributed by atoms with Gasteiger partial charge < -0.3 is 31.5 Å². The molecule has 0 saturated carbocycles. The Hall–Kier alpha value is -3.12. The number of carbonyl (C=O) groups excluding carboxylic acids is 1. The van der Waals surface area contributed by atoms with Crippen molar-refractivity contribution in [3.05, 3.63) is 30.0 Å². The summed E-state index contributed by atoms with van der Waals surface area (Å²) in [6, 6.07) is 5.27. The van der Waals surface area contributed by atoms with Crippen LogP contribution in [-0.2, 0) is 9.84 Å². The molecule has 2 aromatic rings. The third-order valence-corrected chi connectivity index (χ3v) is 5.20. The lowest BCUT2D eigenvalue weighted by atomic mass is 10.1. The molecule has 0 radical (unpaired) electrons. The Balaban J connectivity index is 1.79. The zero-order valence-electron chi connectivity index (χ0n) is 16.6. The Morgan fingerprint density at radius 2 is 2.20 bits per heavy atom. The van der Waals surface area contributed by atoms with E-state index in [1.165, 1.54) is 6.20 Å². The highest BCUT2D eigenvalue weighted by molar-refractivity contribution is 7.90. The first-order chi connectivity index (χ1) is 14.0. The number of hydrogen-bond acceptors (Lipinski definition) is 10. The van der Waals surface area contributed by atoms with E-state index in [0.717, 1.165) is 6.26 Å². The van der Waals surface area contributed by atoms with Gasteiger partial charge in [0.2, 0.25) is 5.95 Å². The molecule has 1 amide bonds. The standard InChI is InChI=1S/C18H24N6O5S/c1-18(26)9-22-13-7-11(3-4-14(13)29-10-18)23-17-21-8-12(15(19)25)16(24-17)20-5-6-30(2,27)28/h3-4,7-8,22,26H,5-6,9-10H2,1-2H3,(H2,19,25)(H2,20,21,23,24)/t18-/m1/s1. The molecule has 0 spiro atoms.